The maximum absolute atomic E-state index is 6.25. The fourth-order valence-corrected chi connectivity index (χ4v) is 2.62. The highest BCUT2D eigenvalue weighted by molar-refractivity contribution is 5.25. The van der Waals surface area contributed by atoms with E-state index in [4.69, 9.17) is 10.5 Å². The molecular formula is C16H25NO. The summed E-state index contributed by atoms with van der Waals surface area (Å²) in [4.78, 5) is 0. The van der Waals surface area contributed by atoms with E-state index in [-0.39, 0.29) is 6.04 Å². The molecule has 0 radical (unpaired) electrons. The van der Waals surface area contributed by atoms with Crippen molar-refractivity contribution in [2.75, 3.05) is 6.61 Å². The van der Waals surface area contributed by atoms with Crippen molar-refractivity contribution < 1.29 is 4.74 Å². The Kier molecular flexibility index (Phi) is 4.79. The van der Waals surface area contributed by atoms with Gasteiger partial charge in [0.1, 0.15) is 0 Å². The first kappa shape index (κ1) is 13.6. The molecule has 0 bridgehead atoms. The van der Waals surface area contributed by atoms with Crippen molar-refractivity contribution in [1.29, 1.82) is 0 Å². The van der Waals surface area contributed by atoms with Gasteiger partial charge in [0.15, 0.2) is 0 Å². The third-order valence-corrected chi connectivity index (χ3v) is 3.59. The molecule has 1 aliphatic rings. The maximum Gasteiger partial charge on any atom is 0.0594 e. The van der Waals surface area contributed by atoms with Crippen LogP contribution in [-0.2, 0) is 11.2 Å². The Morgan fingerprint density at radius 1 is 1.28 bits per heavy atom. The Hall–Kier alpha value is -0.860. The summed E-state index contributed by atoms with van der Waals surface area (Å²) in [6.45, 7) is 5.40. The van der Waals surface area contributed by atoms with Gasteiger partial charge in [-0.1, -0.05) is 38.1 Å². The summed E-state index contributed by atoms with van der Waals surface area (Å²) >= 11 is 0. The van der Waals surface area contributed by atoms with Gasteiger partial charge in [-0.25, -0.2) is 0 Å². The molecule has 1 aliphatic heterocycles. The minimum Gasteiger partial charge on any atom is -0.378 e. The lowest BCUT2D eigenvalue weighted by atomic mass is 9.97. The smallest absolute Gasteiger partial charge is 0.0594 e. The van der Waals surface area contributed by atoms with Crippen molar-refractivity contribution in [2.45, 2.75) is 51.7 Å². The molecule has 0 saturated carbocycles. The SMILES string of the molecule is CC(C)Cc1ccc(C(N)CC2CCCO2)cc1. The van der Waals surface area contributed by atoms with E-state index in [2.05, 4.69) is 38.1 Å². The molecule has 2 heteroatoms. The molecule has 1 fully saturated rings. The minimum atomic E-state index is 0.112. The first-order valence-corrected chi connectivity index (χ1v) is 7.11. The third kappa shape index (κ3) is 3.82. The molecular weight excluding hydrogens is 222 g/mol. The summed E-state index contributed by atoms with van der Waals surface area (Å²) in [5.74, 6) is 0.705. The monoisotopic (exact) mass is 247 g/mol. The van der Waals surface area contributed by atoms with Gasteiger partial charge in [-0.2, -0.15) is 0 Å². The predicted octanol–water partition coefficient (Wildman–Crippen LogP) is 3.45. The van der Waals surface area contributed by atoms with Crippen LogP contribution >= 0.6 is 0 Å². The molecule has 0 spiro atoms. The molecule has 0 aromatic heterocycles. The van der Waals surface area contributed by atoms with Crippen LogP contribution in [-0.4, -0.2) is 12.7 Å². The van der Waals surface area contributed by atoms with Crippen molar-refractivity contribution in [3.05, 3.63) is 35.4 Å². The van der Waals surface area contributed by atoms with Gasteiger partial charge < -0.3 is 10.5 Å². The van der Waals surface area contributed by atoms with Crippen LogP contribution in [0.5, 0.6) is 0 Å². The van der Waals surface area contributed by atoms with Crippen LogP contribution in [0, 0.1) is 5.92 Å². The second kappa shape index (κ2) is 6.35. The van der Waals surface area contributed by atoms with E-state index in [0.29, 0.717) is 12.0 Å². The summed E-state index contributed by atoms with van der Waals surface area (Å²) in [6.07, 6.45) is 4.81. The first-order chi connectivity index (χ1) is 8.65. The van der Waals surface area contributed by atoms with Crippen molar-refractivity contribution in [3.63, 3.8) is 0 Å². The second-order valence-corrected chi connectivity index (χ2v) is 5.82. The number of hydrogen-bond donors (Lipinski definition) is 1. The van der Waals surface area contributed by atoms with E-state index in [1.807, 2.05) is 0 Å². The second-order valence-electron chi connectivity index (χ2n) is 5.82. The largest absolute Gasteiger partial charge is 0.378 e. The predicted molar refractivity (Wildman–Crippen MR) is 75.5 cm³/mol. The minimum absolute atomic E-state index is 0.112. The van der Waals surface area contributed by atoms with E-state index >= 15 is 0 Å². The zero-order chi connectivity index (χ0) is 13.0. The molecule has 1 aromatic rings. The molecule has 18 heavy (non-hydrogen) atoms. The van der Waals surface area contributed by atoms with E-state index in [9.17, 15) is 0 Å². The number of hydrogen-bond acceptors (Lipinski definition) is 2. The number of ether oxygens (including phenoxy) is 1. The van der Waals surface area contributed by atoms with E-state index in [0.717, 1.165) is 19.4 Å². The van der Waals surface area contributed by atoms with Crippen LogP contribution in [0.1, 0.15) is 50.3 Å². The highest BCUT2D eigenvalue weighted by Gasteiger charge is 2.19. The molecule has 2 unspecified atom stereocenters. The van der Waals surface area contributed by atoms with Gasteiger partial charge in [-0.15, -0.1) is 0 Å². The molecule has 2 nitrogen and oxygen atoms in total. The lowest BCUT2D eigenvalue weighted by molar-refractivity contribution is 0.0983. The van der Waals surface area contributed by atoms with Crippen LogP contribution in [0.2, 0.25) is 0 Å². The molecule has 2 rings (SSSR count). The molecule has 1 saturated heterocycles. The van der Waals surface area contributed by atoms with Crippen molar-refractivity contribution in [3.8, 4) is 0 Å². The Morgan fingerprint density at radius 2 is 2.00 bits per heavy atom. The average Bonchev–Trinajstić information content (AvgIpc) is 2.82. The summed E-state index contributed by atoms with van der Waals surface area (Å²) in [6, 6.07) is 8.89. The average molecular weight is 247 g/mol. The van der Waals surface area contributed by atoms with Crippen LogP contribution in [0.15, 0.2) is 24.3 Å². The third-order valence-electron chi connectivity index (χ3n) is 3.59. The summed E-state index contributed by atoms with van der Waals surface area (Å²) in [7, 11) is 0. The molecule has 2 atom stereocenters. The highest BCUT2D eigenvalue weighted by Crippen LogP contribution is 2.24. The van der Waals surface area contributed by atoms with Crippen LogP contribution in [0.25, 0.3) is 0 Å². The fraction of sp³-hybridized carbons (Fsp3) is 0.625. The van der Waals surface area contributed by atoms with E-state index < -0.39 is 0 Å². The van der Waals surface area contributed by atoms with Crippen LogP contribution < -0.4 is 5.73 Å². The van der Waals surface area contributed by atoms with Gasteiger partial charge >= 0.3 is 0 Å². The number of benzene rings is 1. The topological polar surface area (TPSA) is 35.2 Å². The normalized spacial score (nSPS) is 21.4. The Balaban J connectivity index is 1.91. The van der Waals surface area contributed by atoms with Gasteiger partial charge in [-0.05, 0) is 42.7 Å². The van der Waals surface area contributed by atoms with Gasteiger partial charge in [0, 0.05) is 12.6 Å². The summed E-state index contributed by atoms with van der Waals surface area (Å²) in [5, 5.41) is 0. The van der Waals surface area contributed by atoms with E-state index in [1.165, 1.54) is 24.0 Å². The standard InChI is InChI=1S/C16H25NO/c1-12(2)10-13-5-7-14(8-6-13)16(17)11-15-4-3-9-18-15/h5-8,12,15-16H,3-4,9-11,17H2,1-2H3. The molecule has 1 aromatic carbocycles. The Labute approximate surface area is 111 Å². The van der Waals surface area contributed by atoms with Crippen molar-refractivity contribution in [1.82, 2.24) is 0 Å². The molecule has 100 valence electrons. The lowest BCUT2D eigenvalue weighted by Gasteiger charge is -2.17. The summed E-state index contributed by atoms with van der Waals surface area (Å²) < 4.78 is 5.64. The Bertz CT molecular complexity index is 352. The van der Waals surface area contributed by atoms with Gasteiger partial charge in [-0.3, -0.25) is 0 Å². The highest BCUT2D eigenvalue weighted by atomic mass is 16.5. The lowest BCUT2D eigenvalue weighted by Crippen LogP contribution is -2.18. The quantitative estimate of drug-likeness (QED) is 0.865. The van der Waals surface area contributed by atoms with Gasteiger partial charge in [0.05, 0.1) is 6.10 Å². The molecule has 0 amide bonds. The fourth-order valence-electron chi connectivity index (χ4n) is 2.62. The summed E-state index contributed by atoms with van der Waals surface area (Å²) in [5.41, 5.74) is 8.88. The maximum atomic E-state index is 6.25. The zero-order valence-electron chi connectivity index (χ0n) is 11.6. The van der Waals surface area contributed by atoms with Gasteiger partial charge in [0.2, 0.25) is 0 Å². The van der Waals surface area contributed by atoms with E-state index in [1.54, 1.807) is 0 Å². The van der Waals surface area contributed by atoms with Crippen molar-refractivity contribution in [2.24, 2.45) is 11.7 Å². The number of rotatable bonds is 5. The molecule has 0 aliphatic carbocycles. The van der Waals surface area contributed by atoms with Crippen LogP contribution in [0.3, 0.4) is 0 Å². The molecule has 1 heterocycles. The van der Waals surface area contributed by atoms with Gasteiger partial charge in [0.25, 0.3) is 0 Å². The zero-order valence-corrected chi connectivity index (χ0v) is 11.6. The Morgan fingerprint density at radius 3 is 2.56 bits per heavy atom. The van der Waals surface area contributed by atoms with Crippen molar-refractivity contribution >= 4 is 0 Å². The number of nitrogens with two attached hydrogens (primary N) is 1. The first-order valence-electron chi connectivity index (χ1n) is 7.11. The van der Waals surface area contributed by atoms with Crippen LogP contribution in [0.4, 0.5) is 0 Å². The molecule has 2 N–H and O–H groups in total.